The molecule has 1 aromatic rings. The number of primary amides is 1. The lowest BCUT2D eigenvalue weighted by Crippen LogP contribution is -2.77. The average molecular weight is 543 g/mol. The van der Waals surface area contributed by atoms with Gasteiger partial charge in [0.1, 0.15) is 5.75 Å². The number of hydrogen-bond donors (Lipinski definition) is 4. The molecule has 2 unspecified atom stereocenters. The second-order valence-electron chi connectivity index (χ2n) is 12.3. The molecule has 8 atom stereocenters. The van der Waals surface area contributed by atoms with Gasteiger partial charge in [-0.15, -0.1) is 0 Å². The van der Waals surface area contributed by atoms with E-state index in [0.29, 0.717) is 11.1 Å². The SMILES string of the molecule is CCCCC(C)(C)c1ccc2c(c1O)C(=O)C1C(=O)[C@@]3(O)C(=O)C(C(N)=O)C(=O)[C@H](N(C)C)[C@H]3[C@H](O)[C@H]1[C@@H]2C. The van der Waals surface area contributed by atoms with Crippen molar-refractivity contribution in [2.24, 2.45) is 29.4 Å². The summed E-state index contributed by atoms with van der Waals surface area (Å²) in [5.41, 5.74) is 2.77. The van der Waals surface area contributed by atoms with Gasteiger partial charge in [0, 0.05) is 11.5 Å². The maximum Gasteiger partial charge on any atom is 0.235 e. The number of fused-ring (bicyclic) bond motifs is 3. The molecular weight excluding hydrogens is 504 g/mol. The van der Waals surface area contributed by atoms with Crippen LogP contribution in [-0.2, 0) is 24.6 Å². The topological polar surface area (TPSA) is 175 Å². The Morgan fingerprint density at radius 2 is 1.74 bits per heavy atom. The molecule has 0 heterocycles. The monoisotopic (exact) mass is 542 g/mol. The lowest BCUT2D eigenvalue weighted by molar-refractivity contribution is -0.196. The average Bonchev–Trinajstić information content (AvgIpc) is 2.84. The number of unbranched alkanes of at least 4 members (excludes halogenated alkanes) is 1. The number of phenolic OH excluding ortho intramolecular Hbond substituents is 1. The van der Waals surface area contributed by atoms with Gasteiger partial charge >= 0.3 is 0 Å². The molecule has 1 amide bonds. The van der Waals surface area contributed by atoms with E-state index in [4.69, 9.17) is 5.73 Å². The van der Waals surface area contributed by atoms with Crippen molar-refractivity contribution < 1.29 is 39.3 Å². The van der Waals surface area contributed by atoms with Crippen molar-refractivity contribution in [2.45, 2.75) is 76.0 Å². The Hall–Kier alpha value is -2.95. The fourth-order valence-corrected chi connectivity index (χ4v) is 7.29. The van der Waals surface area contributed by atoms with Crippen molar-refractivity contribution in [1.82, 2.24) is 4.90 Å². The number of nitrogens with zero attached hydrogens (tertiary/aromatic N) is 1. The van der Waals surface area contributed by atoms with Crippen molar-refractivity contribution in [3.05, 3.63) is 28.8 Å². The van der Waals surface area contributed by atoms with Crippen LogP contribution in [0.2, 0.25) is 0 Å². The second-order valence-corrected chi connectivity index (χ2v) is 12.3. The highest BCUT2D eigenvalue weighted by molar-refractivity contribution is 6.32. The summed E-state index contributed by atoms with van der Waals surface area (Å²) >= 11 is 0. The Bertz CT molecular complexity index is 1270. The van der Waals surface area contributed by atoms with E-state index in [-0.39, 0.29) is 11.3 Å². The van der Waals surface area contributed by atoms with Gasteiger partial charge in [-0.25, -0.2) is 0 Å². The number of nitrogens with two attached hydrogens (primary N) is 1. The van der Waals surface area contributed by atoms with Crippen LogP contribution in [0, 0.1) is 23.7 Å². The molecule has 0 saturated heterocycles. The van der Waals surface area contributed by atoms with E-state index in [1.54, 1.807) is 19.1 Å². The molecule has 0 aromatic heterocycles. The summed E-state index contributed by atoms with van der Waals surface area (Å²) in [5, 5.41) is 34.8. The third kappa shape index (κ3) is 3.90. The molecule has 212 valence electrons. The van der Waals surface area contributed by atoms with Gasteiger partial charge in [-0.05, 0) is 37.4 Å². The number of ketones is 4. The first-order chi connectivity index (χ1) is 18.0. The molecule has 10 nitrogen and oxygen atoms in total. The number of benzene rings is 1. The Morgan fingerprint density at radius 3 is 2.28 bits per heavy atom. The summed E-state index contributed by atoms with van der Waals surface area (Å²) in [7, 11) is 2.93. The van der Waals surface area contributed by atoms with E-state index in [9.17, 15) is 39.3 Å². The molecule has 2 fully saturated rings. The van der Waals surface area contributed by atoms with Crippen LogP contribution < -0.4 is 5.73 Å². The molecule has 0 spiro atoms. The zero-order chi connectivity index (χ0) is 29.4. The Kier molecular flexibility index (Phi) is 7.15. The lowest BCUT2D eigenvalue weighted by Gasteiger charge is -2.56. The summed E-state index contributed by atoms with van der Waals surface area (Å²) in [4.78, 5) is 68.2. The van der Waals surface area contributed by atoms with Gasteiger partial charge in [0.05, 0.1) is 29.5 Å². The first-order valence-electron chi connectivity index (χ1n) is 13.4. The van der Waals surface area contributed by atoms with Crippen LogP contribution >= 0.6 is 0 Å². The Morgan fingerprint density at radius 1 is 1.13 bits per heavy atom. The van der Waals surface area contributed by atoms with Crippen molar-refractivity contribution in [3.63, 3.8) is 0 Å². The Balaban J connectivity index is 1.91. The van der Waals surface area contributed by atoms with Gasteiger partial charge in [0.25, 0.3) is 0 Å². The summed E-state index contributed by atoms with van der Waals surface area (Å²) in [5.74, 6) is -13.0. The number of phenols is 1. The number of rotatable bonds is 6. The quantitative estimate of drug-likeness (QED) is 0.380. The van der Waals surface area contributed by atoms with E-state index >= 15 is 0 Å². The normalized spacial score (nSPS) is 34.5. The van der Waals surface area contributed by atoms with E-state index in [1.165, 1.54) is 19.0 Å². The third-order valence-corrected chi connectivity index (χ3v) is 9.37. The van der Waals surface area contributed by atoms with E-state index in [1.807, 2.05) is 13.8 Å². The standard InChI is InChI=1S/C29H38N2O8/c1-7-8-11-28(3,4)14-10-9-13-12(2)15-17(22(33)16(13)21(14)32)25(36)29(39)19(23(15)34)20(31(5)6)24(35)18(26(29)37)27(30)38/h9-10,12,15,17-20,23,32,34,39H,7-8,11H2,1-6H3,(H2,30,38)/t12-,15+,17?,18?,19+,20-,23-,29-/m1/s1. The van der Waals surface area contributed by atoms with Gasteiger partial charge in [-0.1, -0.05) is 52.7 Å². The van der Waals surface area contributed by atoms with Gasteiger partial charge in [-0.3, -0.25) is 28.9 Å². The molecule has 4 rings (SSSR count). The number of hydrogen-bond acceptors (Lipinski definition) is 9. The smallest absolute Gasteiger partial charge is 0.235 e. The third-order valence-electron chi connectivity index (χ3n) is 9.37. The van der Waals surface area contributed by atoms with E-state index < -0.39 is 81.8 Å². The van der Waals surface area contributed by atoms with Crippen molar-refractivity contribution in [1.29, 1.82) is 0 Å². The number of Topliss-reactive ketones (excluding diaryl/α,β-unsaturated/α-hetero) is 4. The minimum Gasteiger partial charge on any atom is -0.507 e. The number of aliphatic hydroxyl groups excluding tert-OH is 1. The van der Waals surface area contributed by atoms with Gasteiger partial charge in [0.15, 0.2) is 34.7 Å². The largest absolute Gasteiger partial charge is 0.507 e. The molecule has 1 aromatic carbocycles. The number of likely N-dealkylation sites (N-methyl/N-ethyl adjacent to an activating group) is 1. The highest BCUT2D eigenvalue weighted by Gasteiger charge is 2.72. The number of carbonyl (C=O) groups excluding carboxylic acids is 5. The molecule has 0 aliphatic heterocycles. The predicted octanol–water partition coefficient (Wildman–Crippen LogP) is 0.867. The Labute approximate surface area is 227 Å². The van der Waals surface area contributed by atoms with Crippen LogP contribution in [0.1, 0.15) is 74.4 Å². The van der Waals surface area contributed by atoms with Crippen LogP contribution in [0.4, 0.5) is 0 Å². The highest BCUT2D eigenvalue weighted by atomic mass is 16.3. The summed E-state index contributed by atoms with van der Waals surface area (Å²) in [6, 6.07) is 2.09. The predicted molar refractivity (Wildman–Crippen MR) is 140 cm³/mol. The highest BCUT2D eigenvalue weighted by Crippen LogP contribution is 2.55. The van der Waals surface area contributed by atoms with Crippen LogP contribution in [0.3, 0.4) is 0 Å². The van der Waals surface area contributed by atoms with Crippen LogP contribution in [-0.4, -0.2) is 81.1 Å². The van der Waals surface area contributed by atoms with Gasteiger partial charge in [-0.2, -0.15) is 0 Å². The summed E-state index contributed by atoms with van der Waals surface area (Å²) < 4.78 is 0. The molecule has 39 heavy (non-hydrogen) atoms. The molecule has 3 aliphatic rings. The first-order valence-corrected chi connectivity index (χ1v) is 13.4. The molecule has 2 saturated carbocycles. The lowest BCUT2D eigenvalue weighted by atomic mass is 9.49. The number of carbonyl (C=O) groups is 5. The molecular formula is C29H38N2O8. The number of aliphatic hydroxyl groups is 2. The van der Waals surface area contributed by atoms with E-state index in [2.05, 4.69) is 6.92 Å². The van der Waals surface area contributed by atoms with Crippen LogP contribution in [0.15, 0.2) is 12.1 Å². The second kappa shape index (κ2) is 9.60. The molecule has 10 heteroatoms. The van der Waals surface area contributed by atoms with Crippen LogP contribution in [0.5, 0.6) is 5.75 Å². The minimum atomic E-state index is -3.00. The number of amides is 1. The zero-order valence-corrected chi connectivity index (χ0v) is 23.2. The summed E-state index contributed by atoms with van der Waals surface area (Å²) in [6.45, 7) is 7.66. The molecule has 3 aliphatic carbocycles. The zero-order valence-electron chi connectivity index (χ0n) is 23.2. The van der Waals surface area contributed by atoms with Crippen LogP contribution in [0.25, 0.3) is 0 Å². The fraction of sp³-hybridized carbons (Fsp3) is 0.621. The van der Waals surface area contributed by atoms with Crippen molar-refractivity contribution in [3.8, 4) is 5.75 Å². The molecule has 0 bridgehead atoms. The summed E-state index contributed by atoms with van der Waals surface area (Å²) in [6.07, 6.45) is 0.944. The molecule has 5 N–H and O–H groups in total. The fourth-order valence-electron chi connectivity index (χ4n) is 7.29. The van der Waals surface area contributed by atoms with Crippen molar-refractivity contribution >= 4 is 29.0 Å². The first kappa shape index (κ1) is 29.0. The van der Waals surface area contributed by atoms with E-state index in [0.717, 1.165) is 19.3 Å². The maximum absolute atomic E-state index is 14.0. The van der Waals surface area contributed by atoms with Gasteiger partial charge in [0.2, 0.25) is 5.91 Å². The minimum absolute atomic E-state index is 0.0663. The maximum atomic E-state index is 14.0. The molecule has 0 radical (unpaired) electrons. The van der Waals surface area contributed by atoms with Crippen molar-refractivity contribution in [2.75, 3.05) is 14.1 Å². The van der Waals surface area contributed by atoms with Gasteiger partial charge < -0.3 is 21.1 Å². The number of aromatic hydroxyl groups is 1.